The van der Waals surface area contributed by atoms with Crippen molar-refractivity contribution < 1.29 is 14.3 Å². The molecule has 2 aliphatic rings. The summed E-state index contributed by atoms with van der Waals surface area (Å²) in [5, 5.41) is 3.11. The quantitative estimate of drug-likeness (QED) is 0.879. The van der Waals surface area contributed by atoms with Gasteiger partial charge in [-0.2, -0.15) is 0 Å². The first-order valence-electron chi connectivity index (χ1n) is 8.22. The molecule has 0 saturated heterocycles. The number of ether oxygens (including phenoxy) is 2. The van der Waals surface area contributed by atoms with E-state index >= 15 is 0 Å². The lowest BCUT2D eigenvalue weighted by molar-refractivity contribution is -0.124. The molecular weight excluding hydrogens is 278 g/mol. The van der Waals surface area contributed by atoms with E-state index < -0.39 is 0 Å². The Hall–Kier alpha value is -1.71. The second kappa shape index (κ2) is 6.59. The molecule has 4 heteroatoms. The van der Waals surface area contributed by atoms with Crippen LogP contribution in [0.5, 0.6) is 11.5 Å². The van der Waals surface area contributed by atoms with Gasteiger partial charge in [0, 0.05) is 6.04 Å². The van der Waals surface area contributed by atoms with Gasteiger partial charge in [0.15, 0.2) is 18.1 Å². The van der Waals surface area contributed by atoms with Crippen LogP contribution < -0.4 is 14.8 Å². The summed E-state index contributed by atoms with van der Waals surface area (Å²) in [6, 6.07) is 7.62. The van der Waals surface area contributed by atoms with Crippen LogP contribution in [0.15, 0.2) is 24.3 Å². The molecule has 1 amide bonds. The molecule has 0 aliphatic heterocycles. The van der Waals surface area contributed by atoms with Gasteiger partial charge in [0.2, 0.25) is 0 Å². The van der Waals surface area contributed by atoms with Gasteiger partial charge in [0.25, 0.3) is 5.91 Å². The topological polar surface area (TPSA) is 47.6 Å². The standard InChI is InChI=1S/C18H25NO3/c1-12(15-10-13-7-8-14(15)9-13)19-18(20)11-22-17-6-4-3-5-16(17)21-2/h3-6,12-15H,7-11H2,1-2H3,(H,19,20)/t12-,13-,14-,15+/m0/s1. The highest BCUT2D eigenvalue weighted by atomic mass is 16.5. The average molecular weight is 303 g/mol. The van der Waals surface area contributed by atoms with Crippen molar-refractivity contribution in [2.45, 2.75) is 38.6 Å². The van der Waals surface area contributed by atoms with E-state index in [1.807, 2.05) is 24.3 Å². The second-order valence-electron chi connectivity index (χ2n) is 6.63. The summed E-state index contributed by atoms with van der Waals surface area (Å²) in [6.07, 6.45) is 5.37. The molecule has 1 N–H and O–H groups in total. The normalized spacial score (nSPS) is 27.5. The molecule has 22 heavy (non-hydrogen) atoms. The van der Waals surface area contributed by atoms with E-state index in [1.165, 1.54) is 25.7 Å². The van der Waals surface area contributed by atoms with Gasteiger partial charge in [-0.1, -0.05) is 18.6 Å². The molecule has 2 fully saturated rings. The minimum Gasteiger partial charge on any atom is -0.493 e. The lowest BCUT2D eigenvalue weighted by atomic mass is 9.84. The fourth-order valence-corrected chi connectivity index (χ4v) is 4.19. The molecule has 3 rings (SSSR count). The summed E-state index contributed by atoms with van der Waals surface area (Å²) in [6.45, 7) is 2.16. The van der Waals surface area contributed by atoms with Crippen molar-refractivity contribution in [1.82, 2.24) is 5.32 Å². The summed E-state index contributed by atoms with van der Waals surface area (Å²) < 4.78 is 10.8. The van der Waals surface area contributed by atoms with Crippen LogP contribution in [-0.4, -0.2) is 25.7 Å². The van der Waals surface area contributed by atoms with Crippen molar-refractivity contribution >= 4 is 5.91 Å². The minimum absolute atomic E-state index is 0.0333. The first-order valence-corrected chi connectivity index (χ1v) is 8.22. The third-order valence-electron chi connectivity index (χ3n) is 5.25. The van der Waals surface area contributed by atoms with Crippen molar-refractivity contribution in [2.24, 2.45) is 17.8 Å². The number of hydrogen-bond donors (Lipinski definition) is 1. The van der Waals surface area contributed by atoms with Gasteiger partial charge in [0.05, 0.1) is 7.11 Å². The zero-order valence-corrected chi connectivity index (χ0v) is 13.4. The van der Waals surface area contributed by atoms with E-state index in [1.54, 1.807) is 7.11 Å². The molecule has 4 atom stereocenters. The minimum atomic E-state index is -0.0545. The molecule has 2 saturated carbocycles. The summed E-state index contributed by atoms with van der Waals surface area (Å²) in [7, 11) is 1.60. The highest BCUT2D eigenvalue weighted by Crippen LogP contribution is 2.49. The molecule has 0 spiro atoms. The molecule has 120 valence electrons. The zero-order valence-electron chi connectivity index (χ0n) is 13.4. The summed E-state index contributed by atoms with van der Waals surface area (Å²) in [4.78, 5) is 12.1. The number of hydrogen-bond acceptors (Lipinski definition) is 3. The number of carbonyl (C=O) groups is 1. The predicted octanol–water partition coefficient (Wildman–Crippen LogP) is 3.01. The molecular formula is C18H25NO3. The summed E-state index contributed by atoms with van der Waals surface area (Å²) >= 11 is 0. The third kappa shape index (κ3) is 3.21. The number of methoxy groups -OCH3 is 1. The smallest absolute Gasteiger partial charge is 0.258 e. The summed E-state index contributed by atoms with van der Waals surface area (Å²) in [5.74, 6) is 3.56. The third-order valence-corrected chi connectivity index (χ3v) is 5.25. The van der Waals surface area contributed by atoms with Crippen LogP contribution in [0.25, 0.3) is 0 Å². The fourth-order valence-electron chi connectivity index (χ4n) is 4.19. The first-order chi connectivity index (χ1) is 10.7. The maximum Gasteiger partial charge on any atom is 0.258 e. The number of amides is 1. The van der Waals surface area contributed by atoms with E-state index in [4.69, 9.17) is 9.47 Å². The lowest BCUT2D eigenvalue weighted by Crippen LogP contribution is -2.42. The van der Waals surface area contributed by atoms with Crippen molar-refractivity contribution in [3.63, 3.8) is 0 Å². The van der Waals surface area contributed by atoms with Gasteiger partial charge in [-0.25, -0.2) is 0 Å². The second-order valence-corrected chi connectivity index (χ2v) is 6.63. The predicted molar refractivity (Wildman–Crippen MR) is 85.0 cm³/mol. The van der Waals surface area contributed by atoms with Gasteiger partial charge in [-0.05, 0) is 56.1 Å². The SMILES string of the molecule is COc1ccccc1OCC(=O)N[C@@H](C)[C@H]1C[C@H]2CC[C@H]1C2. The van der Waals surface area contributed by atoms with Gasteiger partial charge < -0.3 is 14.8 Å². The Balaban J connectivity index is 1.48. The lowest BCUT2D eigenvalue weighted by Gasteiger charge is -2.28. The number of fused-ring (bicyclic) bond motifs is 2. The Morgan fingerprint density at radius 1 is 1.27 bits per heavy atom. The Morgan fingerprint density at radius 3 is 2.68 bits per heavy atom. The molecule has 0 unspecified atom stereocenters. The number of para-hydroxylation sites is 2. The number of carbonyl (C=O) groups excluding carboxylic acids is 1. The van der Waals surface area contributed by atoms with Gasteiger partial charge >= 0.3 is 0 Å². The summed E-state index contributed by atoms with van der Waals surface area (Å²) in [5.41, 5.74) is 0. The van der Waals surface area contributed by atoms with E-state index in [9.17, 15) is 4.79 Å². The van der Waals surface area contributed by atoms with Gasteiger partial charge in [0.1, 0.15) is 0 Å². The Labute approximate surface area is 132 Å². The number of rotatable bonds is 6. The highest BCUT2D eigenvalue weighted by molar-refractivity contribution is 5.77. The molecule has 1 aromatic rings. The van der Waals surface area contributed by atoms with E-state index in [2.05, 4.69) is 12.2 Å². The Kier molecular flexibility index (Phi) is 4.55. The van der Waals surface area contributed by atoms with E-state index in [0.29, 0.717) is 17.4 Å². The number of nitrogens with one attached hydrogen (secondary N) is 1. The van der Waals surface area contributed by atoms with Crippen LogP contribution in [0.4, 0.5) is 0 Å². The largest absolute Gasteiger partial charge is 0.493 e. The van der Waals surface area contributed by atoms with Crippen LogP contribution in [-0.2, 0) is 4.79 Å². The maximum atomic E-state index is 12.1. The van der Waals surface area contributed by atoms with Gasteiger partial charge in [-0.3, -0.25) is 4.79 Å². The van der Waals surface area contributed by atoms with Gasteiger partial charge in [-0.15, -0.1) is 0 Å². The van der Waals surface area contributed by atoms with Crippen molar-refractivity contribution in [2.75, 3.05) is 13.7 Å². The van der Waals surface area contributed by atoms with Crippen molar-refractivity contribution in [3.05, 3.63) is 24.3 Å². The molecule has 4 nitrogen and oxygen atoms in total. The Bertz CT molecular complexity index is 531. The monoisotopic (exact) mass is 303 g/mol. The molecule has 0 radical (unpaired) electrons. The van der Waals surface area contributed by atoms with Crippen molar-refractivity contribution in [1.29, 1.82) is 0 Å². The molecule has 2 bridgehead atoms. The molecule has 0 aromatic heterocycles. The Morgan fingerprint density at radius 2 is 2.05 bits per heavy atom. The van der Waals surface area contributed by atoms with Crippen LogP contribution in [0.3, 0.4) is 0 Å². The number of benzene rings is 1. The first kappa shape index (κ1) is 15.2. The molecule has 2 aliphatic carbocycles. The van der Waals surface area contributed by atoms with Crippen molar-refractivity contribution in [3.8, 4) is 11.5 Å². The maximum absolute atomic E-state index is 12.1. The van der Waals surface area contributed by atoms with Crippen LogP contribution in [0, 0.1) is 17.8 Å². The van der Waals surface area contributed by atoms with E-state index in [0.717, 1.165) is 11.8 Å². The zero-order chi connectivity index (χ0) is 15.5. The van der Waals surface area contributed by atoms with Crippen LogP contribution in [0.1, 0.15) is 32.6 Å². The average Bonchev–Trinajstić information content (AvgIpc) is 3.16. The van der Waals surface area contributed by atoms with Crippen LogP contribution in [0.2, 0.25) is 0 Å². The molecule has 0 heterocycles. The van der Waals surface area contributed by atoms with Crippen LogP contribution >= 0.6 is 0 Å². The molecule has 1 aromatic carbocycles. The van der Waals surface area contributed by atoms with E-state index in [-0.39, 0.29) is 18.6 Å². The fraction of sp³-hybridized carbons (Fsp3) is 0.611. The highest BCUT2D eigenvalue weighted by Gasteiger charge is 2.42.